The minimum Gasteiger partial charge on any atom is -0.247 e. The summed E-state index contributed by atoms with van der Waals surface area (Å²) in [6.45, 7) is 0. The second-order valence-corrected chi connectivity index (χ2v) is 3.51. The molecular weight excluding hydrogens is 380 g/mol. The van der Waals surface area contributed by atoms with Crippen LogP contribution in [0, 0.1) is 6.07 Å². The van der Waals surface area contributed by atoms with Crippen LogP contribution in [0.25, 0.3) is 0 Å². The summed E-state index contributed by atoms with van der Waals surface area (Å²) in [5.41, 5.74) is 2.18. The Morgan fingerprint density at radius 1 is 1.13 bits per heavy atom. The summed E-state index contributed by atoms with van der Waals surface area (Å²) in [5.74, 6) is 0. The Balaban J connectivity index is 0.00000112. The van der Waals surface area contributed by atoms with Crippen LogP contribution < -0.4 is 0 Å². The average molecular weight is 391 g/mol. The molecule has 1 nitrogen and oxygen atoms in total. The van der Waals surface area contributed by atoms with Gasteiger partial charge in [-0.2, -0.15) is 35.9 Å². The standard InChI is InChI=1S/C12H10NS.Os/c14-12-8-4-7-11(13-12)9-10-5-2-1-3-6-10;/h1-5,7-8H,9H2,(H,13,14);/q-1;+1. The van der Waals surface area contributed by atoms with Gasteiger partial charge < -0.3 is 0 Å². The van der Waals surface area contributed by atoms with Gasteiger partial charge in [0, 0.05) is 5.69 Å². The van der Waals surface area contributed by atoms with Crippen molar-refractivity contribution >= 4 is 12.6 Å². The molecule has 0 N–H and O–H groups in total. The zero-order valence-corrected chi connectivity index (χ0v) is 11.4. The van der Waals surface area contributed by atoms with Crippen molar-refractivity contribution in [3.8, 4) is 0 Å². The average Bonchev–Trinajstić information content (AvgIpc) is 2.19. The molecule has 3 heteroatoms. The van der Waals surface area contributed by atoms with E-state index in [1.54, 1.807) is 0 Å². The third-order valence-corrected chi connectivity index (χ3v) is 2.19. The van der Waals surface area contributed by atoms with Crippen LogP contribution >= 0.6 is 12.6 Å². The quantitative estimate of drug-likeness (QED) is 0.615. The maximum absolute atomic E-state index is 4.31. The van der Waals surface area contributed by atoms with Crippen molar-refractivity contribution in [2.24, 2.45) is 0 Å². The topological polar surface area (TPSA) is 12.9 Å². The molecule has 1 aromatic carbocycles. The van der Waals surface area contributed by atoms with E-state index in [4.69, 9.17) is 0 Å². The normalized spacial score (nSPS) is 9.40. The zero-order valence-electron chi connectivity index (χ0n) is 8.00. The van der Waals surface area contributed by atoms with Gasteiger partial charge in [-0.1, -0.05) is 6.07 Å². The molecule has 0 saturated heterocycles. The van der Waals surface area contributed by atoms with Crippen LogP contribution in [-0.4, -0.2) is 4.98 Å². The monoisotopic (exact) mass is 392 g/mol. The van der Waals surface area contributed by atoms with Gasteiger partial charge in [0.2, 0.25) is 0 Å². The molecule has 0 amide bonds. The van der Waals surface area contributed by atoms with Gasteiger partial charge in [-0.15, -0.1) is 12.6 Å². The van der Waals surface area contributed by atoms with E-state index in [2.05, 4.69) is 23.7 Å². The van der Waals surface area contributed by atoms with E-state index >= 15 is 0 Å². The third kappa shape index (κ3) is 3.78. The molecule has 1 heterocycles. The van der Waals surface area contributed by atoms with Gasteiger partial charge >= 0.3 is 19.8 Å². The van der Waals surface area contributed by atoms with E-state index in [-0.39, 0.29) is 19.8 Å². The minimum absolute atomic E-state index is 0. The summed E-state index contributed by atoms with van der Waals surface area (Å²) in [5, 5.41) is 0.762. The molecule has 0 aliphatic heterocycles. The first-order valence-corrected chi connectivity index (χ1v) is 4.90. The summed E-state index contributed by atoms with van der Waals surface area (Å²) in [4.78, 5) is 4.31. The van der Waals surface area contributed by atoms with Gasteiger partial charge in [0.15, 0.2) is 0 Å². The number of pyridine rings is 1. The number of thiol groups is 1. The van der Waals surface area contributed by atoms with E-state index in [1.807, 2.05) is 42.5 Å². The number of benzene rings is 1. The molecule has 2 rings (SSSR count). The van der Waals surface area contributed by atoms with Crippen LogP contribution in [0.5, 0.6) is 0 Å². The molecule has 77 valence electrons. The number of hydrogen-bond donors (Lipinski definition) is 1. The minimum atomic E-state index is 0. The summed E-state index contributed by atoms with van der Waals surface area (Å²) >= 11 is 4.20. The summed E-state index contributed by atoms with van der Waals surface area (Å²) in [7, 11) is 0. The van der Waals surface area contributed by atoms with E-state index in [0.29, 0.717) is 0 Å². The van der Waals surface area contributed by atoms with Crippen LogP contribution in [0.4, 0.5) is 0 Å². The maximum Gasteiger partial charge on any atom is 1.00 e. The van der Waals surface area contributed by atoms with E-state index < -0.39 is 0 Å². The zero-order chi connectivity index (χ0) is 9.80. The van der Waals surface area contributed by atoms with Crippen molar-refractivity contribution < 1.29 is 19.8 Å². The summed E-state index contributed by atoms with van der Waals surface area (Å²) in [6, 6.07) is 17.0. The predicted molar refractivity (Wildman–Crippen MR) is 59.6 cm³/mol. The molecule has 2 aromatic rings. The molecule has 0 bridgehead atoms. The third-order valence-electron chi connectivity index (χ3n) is 1.94. The van der Waals surface area contributed by atoms with Crippen molar-refractivity contribution in [2.45, 2.75) is 11.4 Å². The van der Waals surface area contributed by atoms with Crippen molar-refractivity contribution in [1.29, 1.82) is 0 Å². The van der Waals surface area contributed by atoms with Crippen LogP contribution in [0.1, 0.15) is 11.3 Å². The number of nitrogens with zero attached hydrogens (tertiary/aromatic N) is 1. The molecule has 0 fully saturated rings. The Morgan fingerprint density at radius 2 is 2.00 bits per heavy atom. The molecule has 0 aliphatic carbocycles. The van der Waals surface area contributed by atoms with Gasteiger partial charge in [-0.05, 0) is 18.6 Å². The first-order chi connectivity index (χ1) is 6.84. The first kappa shape index (κ1) is 12.4. The Morgan fingerprint density at radius 3 is 2.67 bits per heavy atom. The fourth-order valence-corrected chi connectivity index (χ4v) is 1.52. The summed E-state index contributed by atoms with van der Waals surface area (Å²) < 4.78 is 0. The molecule has 15 heavy (non-hydrogen) atoms. The second-order valence-electron chi connectivity index (χ2n) is 3.05. The first-order valence-electron chi connectivity index (χ1n) is 4.45. The van der Waals surface area contributed by atoms with Crippen LogP contribution in [0.15, 0.2) is 47.5 Å². The van der Waals surface area contributed by atoms with E-state index in [1.165, 1.54) is 0 Å². The van der Waals surface area contributed by atoms with Crippen molar-refractivity contribution in [3.05, 3.63) is 59.8 Å². The molecular formula is C12H10NOsS. The van der Waals surface area contributed by atoms with E-state index in [0.717, 1.165) is 22.7 Å². The fourth-order valence-electron chi connectivity index (χ4n) is 1.30. The fraction of sp³-hybridized carbons (Fsp3) is 0.0833. The second kappa shape index (κ2) is 6.05. The van der Waals surface area contributed by atoms with E-state index in [9.17, 15) is 0 Å². The maximum atomic E-state index is 4.31. The smallest absolute Gasteiger partial charge is 0.247 e. The van der Waals surface area contributed by atoms with Gasteiger partial charge in [-0.25, -0.2) is 4.98 Å². The van der Waals surface area contributed by atoms with Gasteiger partial charge in [0.05, 0.1) is 5.03 Å². The Labute approximate surface area is 108 Å². The molecule has 0 spiro atoms. The predicted octanol–water partition coefficient (Wildman–Crippen LogP) is 2.76. The van der Waals surface area contributed by atoms with Crippen LogP contribution in [0.2, 0.25) is 0 Å². The van der Waals surface area contributed by atoms with Crippen LogP contribution in [0.3, 0.4) is 0 Å². The van der Waals surface area contributed by atoms with Crippen molar-refractivity contribution in [2.75, 3.05) is 0 Å². The molecule has 1 aromatic heterocycles. The van der Waals surface area contributed by atoms with Gasteiger partial charge in [-0.3, -0.25) is 0 Å². The molecule has 0 atom stereocenters. The van der Waals surface area contributed by atoms with Crippen molar-refractivity contribution in [1.82, 2.24) is 4.98 Å². The Hall–Kier alpha value is -0.644. The molecule has 0 aliphatic rings. The van der Waals surface area contributed by atoms with Crippen molar-refractivity contribution in [3.63, 3.8) is 0 Å². The van der Waals surface area contributed by atoms with Gasteiger partial charge in [0.25, 0.3) is 0 Å². The summed E-state index contributed by atoms with van der Waals surface area (Å²) in [6.07, 6.45) is 0.815. The molecule has 0 unspecified atom stereocenters. The number of hydrogen-bond acceptors (Lipinski definition) is 2. The number of rotatable bonds is 2. The Kier molecular flexibility index (Phi) is 5.01. The Bertz CT molecular complexity index is 417. The van der Waals surface area contributed by atoms with Gasteiger partial charge in [0.1, 0.15) is 0 Å². The molecule has 0 saturated carbocycles. The molecule has 1 radical (unpaired) electrons. The number of aromatic nitrogens is 1. The van der Waals surface area contributed by atoms with Crippen LogP contribution in [-0.2, 0) is 26.2 Å². The SMILES string of the molecule is Sc1cccc(Cc2[c-]cccc2)n1.[Os+]. The largest absolute Gasteiger partial charge is 1.00 e.